The molecule has 1 aliphatic rings. The average molecular weight is 168 g/mol. The third-order valence-electron chi connectivity index (χ3n) is 1.77. The molecule has 1 amide bonds. The van der Waals surface area contributed by atoms with Crippen LogP contribution in [-0.2, 0) is 9.53 Å². The summed E-state index contributed by atoms with van der Waals surface area (Å²) in [6.45, 7) is 2.30. The summed E-state index contributed by atoms with van der Waals surface area (Å²) in [5.41, 5.74) is 0. The van der Waals surface area contributed by atoms with Gasteiger partial charge in [-0.1, -0.05) is 0 Å². The van der Waals surface area contributed by atoms with E-state index in [0.717, 1.165) is 12.8 Å². The van der Waals surface area contributed by atoms with Gasteiger partial charge in [-0.2, -0.15) is 5.26 Å². The summed E-state index contributed by atoms with van der Waals surface area (Å²) < 4.78 is 5.14. The second-order valence-electron chi connectivity index (χ2n) is 2.86. The first-order chi connectivity index (χ1) is 5.74. The number of nitriles is 1. The molecule has 0 aromatic rings. The lowest BCUT2D eigenvalue weighted by molar-refractivity contribution is -0.130. The number of nitrogens with zero attached hydrogens (tertiary/aromatic N) is 1. The van der Waals surface area contributed by atoms with Crippen molar-refractivity contribution in [2.24, 2.45) is 0 Å². The maximum Gasteiger partial charge on any atom is 0.250 e. The predicted molar refractivity (Wildman–Crippen MR) is 42.2 cm³/mol. The predicted octanol–water partition coefficient (Wildman–Crippen LogP) is 0.194. The van der Waals surface area contributed by atoms with E-state index in [0.29, 0.717) is 6.61 Å². The Balaban J connectivity index is 2.33. The fraction of sp³-hybridized carbons (Fsp3) is 0.750. The summed E-state index contributed by atoms with van der Waals surface area (Å²) >= 11 is 0. The van der Waals surface area contributed by atoms with E-state index in [9.17, 15) is 4.79 Å². The van der Waals surface area contributed by atoms with Gasteiger partial charge in [0.05, 0.1) is 6.07 Å². The number of rotatable bonds is 2. The van der Waals surface area contributed by atoms with Crippen LogP contribution in [0.4, 0.5) is 0 Å². The van der Waals surface area contributed by atoms with E-state index in [4.69, 9.17) is 10.00 Å². The van der Waals surface area contributed by atoms with Gasteiger partial charge in [0.1, 0.15) is 12.1 Å². The molecule has 1 aliphatic heterocycles. The number of ether oxygens (including phenoxy) is 1. The molecule has 1 rings (SSSR count). The molecule has 2 atom stereocenters. The zero-order valence-electron chi connectivity index (χ0n) is 7.04. The molecule has 0 unspecified atom stereocenters. The minimum Gasteiger partial charge on any atom is -0.368 e. The van der Waals surface area contributed by atoms with Crippen LogP contribution in [0.25, 0.3) is 0 Å². The first kappa shape index (κ1) is 9.01. The van der Waals surface area contributed by atoms with Crippen molar-refractivity contribution in [3.05, 3.63) is 0 Å². The number of amides is 1. The van der Waals surface area contributed by atoms with Crippen molar-refractivity contribution in [2.75, 3.05) is 6.61 Å². The number of hydrogen-bond donors (Lipinski definition) is 1. The lowest BCUT2D eigenvalue weighted by atomic mass is 10.2. The van der Waals surface area contributed by atoms with Gasteiger partial charge < -0.3 is 10.1 Å². The van der Waals surface area contributed by atoms with Gasteiger partial charge >= 0.3 is 0 Å². The molecule has 0 aliphatic carbocycles. The van der Waals surface area contributed by atoms with Crippen LogP contribution in [0, 0.1) is 11.3 Å². The largest absolute Gasteiger partial charge is 0.368 e. The van der Waals surface area contributed by atoms with Crippen molar-refractivity contribution in [1.82, 2.24) is 5.32 Å². The second-order valence-corrected chi connectivity index (χ2v) is 2.86. The Hall–Kier alpha value is -1.08. The van der Waals surface area contributed by atoms with Gasteiger partial charge in [-0.15, -0.1) is 0 Å². The highest BCUT2D eigenvalue weighted by Crippen LogP contribution is 2.11. The Morgan fingerprint density at radius 2 is 2.58 bits per heavy atom. The summed E-state index contributed by atoms with van der Waals surface area (Å²) in [6, 6.07) is 1.50. The van der Waals surface area contributed by atoms with Gasteiger partial charge in [0.2, 0.25) is 5.91 Å². The lowest BCUT2D eigenvalue weighted by Crippen LogP contribution is -2.39. The average Bonchev–Trinajstić information content (AvgIpc) is 2.56. The summed E-state index contributed by atoms with van der Waals surface area (Å²) in [5.74, 6) is -0.165. The Labute approximate surface area is 71.5 Å². The first-order valence-corrected chi connectivity index (χ1v) is 4.05. The van der Waals surface area contributed by atoms with Crippen LogP contribution >= 0.6 is 0 Å². The summed E-state index contributed by atoms with van der Waals surface area (Å²) in [4.78, 5) is 11.2. The van der Waals surface area contributed by atoms with E-state index in [-0.39, 0.29) is 12.0 Å². The zero-order valence-corrected chi connectivity index (χ0v) is 7.04. The van der Waals surface area contributed by atoms with Crippen molar-refractivity contribution < 1.29 is 9.53 Å². The topological polar surface area (TPSA) is 62.1 Å². The van der Waals surface area contributed by atoms with Crippen LogP contribution in [0.5, 0.6) is 0 Å². The molecule has 12 heavy (non-hydrogen) atoms. The molecule has 4 nitrogen and oxygen atoms in total. The number of nitrogens with one attached hydrogen (secondary N) is 1. The van der Waals surface area contributed by atoms with Gasteiger partial charge in [-0.25, -0.2) is 0 Å². The molecule has 1 saturated heterocycles. The molecule has 1 N–H and O–H groups in total. The third kappa shape index (κ3) is 2.21. The lowest BCUT2D eigenvalue weighted by Gasteiger charge is -2.10. The van der Waals surface area contributed by atoms with Crippen molar-refractivity contribution in [2.45, 2.75) is 31.9 Å². The van der Waals surface area contributed by atoms with Gasteiger partial charge in [0, 0.05) is 6.61 Å². The standard InChI is InChI=1S/C8H12N2O2/c1-6(5-9)10-8(11)7-3-2-4-12-7/h6-7H,2-4H2,1H3,(H,10,11)/t6-,7+/m0/s1. The van der Waals surface area contributed by atoms with Crippen LogP contribution in [0.3, 0.4) is 0 Å². The molecule has 0 bridgehead atoms. The van der Waals surface area contributed by atoms with Crippen LogP contribution in [0.15, 0.2) is 0 Å². The van der Waals surface area contributed by atoms with Crippen molar-refractivity contribution in [1.29, 1.82) is 5.26 Å². The highest BCUT2D eigenvalue weighted by Gasteiger charge is 2.24. The molecular formula is C8H12N2O2. The van der Waals surface area contributed by atoms with Gasteiger partial charge in [-0.3, -0.25) is 4.79 Å². The maximum absolute atomic E-state index is 11.2. The van der Waals surface area contributed by atoms with E-state index in [2.05, 4.69) is 5.32 Å². The Morgan fingerprint density at radius 3 is 3.08 bits per heavy atom. The molecule has 1 fully saturated rings. The van der Waals surface area contributed by atoms with Gasteiger partial charge in [0.25, 0.3) is 0 Å². The van der Waals surface area contributed by atoms with E-state index in [1.54, 1.807) is 6.92 Å². The van der Waals surface area contributed by atoms with E-state index < -0.39 is 6.04 Å². The van der Waals surface area contributed by atoms with Crippen LogP contribution in [0.2, 0.25) is 0 Å². The Kier molecular flexibility index (Phi) is 3.06. The van der Waals surface area contributed by atoms with E-state index in [1.165, 1.54) is 0 Å². The van der Waals surface area contributed by atoms with Crippen LogP contribution in [-0.4, -0.2) is 24.7 Å². The molecule has 4 heteroatoms. The van der Waals surface area contributed by atoms with Crippen LogP contribution in [0.1, 0.15) is 19.8 Å². The van der Waals surface area contributed by atoms with E-state index >= 15 is 0 Å². The van der Waals surface area contributed by atoms with Crippen molar-refractivity contribution in [3.63, 3.8) is 0 Å². The van der Waals surface area contributed by atoms with Crippen LogP contribution < -0.4 is 5.32 Å². The van der Waals surface area contributed by atoms with Crippen molar-refractivity contribution in [3.8, 4) is 6.07 Å². The Bertz CT molecular complexity index is 204. The zero-order chi connectivity index (χ0) is 8.97. The second kappa shape index (κ2) is 4.07. The fourth-order valence-corrected chi connectivity index (χ4v) is 1.12. The molecule has 0 aromatic carbocycles. The normalized spacial score (nSPS) is 24.5. The summed E-state index contributed by atoms with van der Waals surface area (Å²) in [5, 5.41) is 11.0. The Morgan fingerprint density at radius 1 is 1.83 bits per heavy atom. The summed E-state index contributed by atoms with van der Waals surface area (Å²) in [7, 11) is 0. The molecule has 0 spiro atoms. The first-order valence-electron chi connectivity index (χ1n) is 4.05. The molecule has 66 valence electrons. The number of carbonyl (C=O) groups excluding carboxylic acids is 1. The molecule has 0 radical (unpaired) electrons. The van der Waals surface area contributed by atoms with Gasteiger partial charge in [0.15, 0.2) is 0 Å². The highest BCUT2D eigenvalue weighted by molar-refractivity contribution is 5.81. The molecule has 1 heterocycles. The highest BCUT2D eigenvalue weighted by atomic mass is 16.5. The molecular weight excluding hydrogens is 156 g/mol. The quantitative estimate of drug-likeness (QED) is 0.640. The number of hydrogen-bond acceptors (Lipinski definition) is 3. The van der Waals surface area contributed by atoms with Crippen molar-refractivity contribution >= 4 is 5.91 Å². The number of carbonyl (C=O) groups is 1. The minimum atomic E-state index is -0.429. The minimum absolute atomic E-state index is 0.165. The molecule has 0 saturated carbocycles. The fourth-order valence-electron chi connectivity index (χ4n) is 1.12. The summed E-state index contributed by atoms with van der Waals surface area (Å²) in [6.07, 6.45) is 1.36. The molecule has 0 aromatic heterocycles. The monoisotopic (exact) mass is 168 g/mol. The maximum atomic E-state index is 11.2. The van der Waals surface area contributed by atoms with E-state index in [1.807, 2.05) is 6.07 Å². The SMILES string of the molecule is C[C@@H](C#N)NC(=O)[C@H]1CCCO1. The smallest absolute Gasteiger partial charge is 0.250 e. The third-order valence-corrected chi connectivity index (χ3v) is 1.77. The van der Waals surface area contributed by atoms with Gasteiger partial charge in [-0.05, 0) is 19.8 Å².